The van der Waals surface area contributed by atoms with Crippen molar-refractivity contribution in [2.45, 2.75) is 26.1 Å². The molecule has 3 nitrogen and oxygen atoms in total. The van der Waals surface area contributed by atoms with Crippen LogP contribution in [0.1, 0.15) is 30.9 Å². The average molecular weight is 318 g/mol. The molecule has 2 rings (SSSR count). The third-order valence-electron chi connectivity index (χ3n) is 2.86. The molecule has 1 aromatic heterocycles. The van der Waals surface area contributed by atoms with E-state index in [1.807, 2.05) is 6.07 Å². The zero-order chi connectivity index (χ0) is 15.9. The van der Waals surface area contributed by atoms with Gasteiger partial charge >= 0.3 is 6.36 Å². The normalized spacial score (nSPS) is 11.9. The number of anilines is 1. The van der Waals surface area contributed by atoms with Gasteiger partial charge in [0.1, 0.15) is 22.6 Å². The molecule has 0 amide bonds. The number of ether oxygens (including phenoxy) is 1. The lowest BCUT2D eigenvalue weighted by Crippen LogP contribution is -2.18. The van der Waals surface area contributed by atoms with Gasteiger partial charge in [0.15, 0.2) is 0 Å². The lowest BCUT2D eigenvalue weighted by atomic mass is 9.95. The number of benzene rings is 1. The van der Waals surface area contributed by atoms with Crippen LogP contribution in [-0.4, -0.2) is 6.36 Å². The third kappa shape index (κ3) is 2.74. The first-order valence-electron chi connectivity index (χ1n) is 5.86. The zero-order valence-electron chi connectivity index (χ0n) is 11.0. The minimum absolute atomic E-state index is 0.0229. The lowest BCUT2D eigenvalue weighted by molar-refractivity contribution is -0.274. The van der Waals surface area contributed by atoms with E-state index in [0.717, 1.165) is 11.3 Å². The summed E-state index contributed by atoms with van der Waals surface area (Å²) >= 11 is 0.832. The van der Waals surface area contributed by atoms with Gasteiger partial charge in [0.2, 0.25) is 0 Å². The molecule has 0 unspecified atom stereocenters. The highest BCUT2D eigenvalue weighted by atomic mass is 32.1. The highest BCUT2D eigenvalue weighted by Gasteiger charge is 2.34. The second-order valence-electron chi connectivity index (χ2n) is 4.63. The molecule has 0 fully saturated rings. The van der Waals surface area contributed by atoms with Crippen molar-refractivity contribution in [2.75, 3.05) is 5.73 Å². The van der Waals surface area contributed by atoms with E-state index in [1.165, 1.54) is 0 Å². The number of halogens is 4. The molecule has 2 aromatic rings. The molecule has 1 heterocycles. The number of alkyl halides is 3. The average Bonchev–Trinajstić information content (AvgIpc) is 2.63. The van der Waals surface area contributed by atoms with E-state index in [9.17, 15) is 17.6 Å². The van der Waals surface area contributed by atoms with E-state index in [2.05, 4.69) is 4.74 Å². The second-order valence-corrected chi connectivity index (χ2v) is 5.68. The molecule has 0 spiro atoms. The summed E-state index contributed by atoms with van der Waals surface area (Å²) in [6.07, 6.45) is -4.95. The second kappa shape index (κ2) is 5.07. The first-order chi connectivity index (χ1) is 9.65. The molecule has 0 aliphatic carbocycles. The highest BCUT2D eigenvalue weighted by molar-refractivity contribution is 7.23. The van der Waals surface area contributed by atoms with E-state index < -0.39 is 23.8 Å². The molecule has 0 aliphatic heterocycles. The predicted molar refractivity (Wildman–Crippen MR) is 71.7 cm³/mol. The Bertz CT molecular complexity index is 743. The Morgan fingerprint density at radius 1 is 1.38 bits per heavy atom. The summed E-state index contributed by atoms with van der Waals surface area (Å²) < 4.78 is 55.4. The Kier molecular flexibility index (Phi) is 3.72. The maximum atomic E-state index is 14.0. The number of fused-ring (bicyclic) bond motifs is 1. The Balaban J connectivity index is 2.88. The summed E-state index contributed by atoms with van der Waals surface area (Å²) in [4.78, 5) is 0. The molecule has 0 saturated heterocycles. The predicted octanol–water partition coefficient (Wildman–Crippen LogP) is 4.52. The molecule has 2 N–H and O–H groups in total. The van der Waals surface area contributed by atoms with Gasteiger partial charge in [-0.15, -0.1) is 24.5 Å². The van der Waals surface area contributed by atoms with Gasteiger partial charge < -0.3 is 10.5 Å². The fourth-order valence-electron chi connectivity index (χ4n) is 2.15. The molecule has 0 bridgehead atoms. The fourth-order valence-corrected chi connectivity index (χ4v) is 3.09. The third-order valence-corrected chi connectivity index (χ3v) is 3.89. The zero-order valence-corrected chi connectivity index (χ0v) is 11.8. The van der Waals surface area contributed by atoms with Crippen molar-refractivity contribution in [2.24, 2.45) is 0 Å². The molecule has 21 heavy (non-hydrogen) atoms. The number of nitrogens with two attached hydrogens (primary N) is 1. The SMILES string of the molecule is CC(C)c1c(OC(F)(F)F)cc(F)c2sc(N)c(C#N)c12. The van der Waals surface area contributed by atoms with Crippen LogP contribution in [-0.2, 0) is 0 Å². The highest BCUT2D eigenvalue weighted by Crippen LogP contribution is 2.44. The maximum absolute atomic E-state index is 14.0. The Morgan fingerprint density at radius 2 is 2.00 bits per heavy atom. The van der Waals surface area contributed by atoms with Crippen LogP contribution in [0.2, 0.25) is 0 Å². The minimum Gasteiger partial charge on any atom is -0.405 e. The summed E-state index contributed by atoms with van der Waals surface area (Å²) in [5, 5.41) is 9.28. The Labute approximate surface area is 121 Å². The van der Waals surface area contributed by atoms with Gasteiger partial charge in [0.25, 0.3) is 0 Å². The van der Waals surface area contributed by atoms with E-state index in [0.29, 0.717) is 6.07 Å². The van der Waals surface area contributed by atoms with Crippen molar-refractivity contribution in [1.82, 2.24) is 0 Å². The molecule has 0 radical (unpaired) electrons. The monoisotopic (exact) mass is 318 g/mol. The van der Waals surface area contributed by atoms with Gasteiger partial charge in [-0.3, -0.25) is 0 Å². The van der Waals surface area contributed by atoms with Gasteiger partial charge in [0, 0.05) is 17.0 Å². The van der Waals surface area contributed by atoms with Crippen LogP contribution in [0.3, 0.4) is 0 Å². The summed E-state index contributed by atoms with van der Waals surface area (Å²) in [7, 11) is 0. The van der Waals surface area contributed by atoms with Crippen molar-refractivity contribution in [1.29, 1.82) is 5.26 Å². The van der Waals surface area contributed by atoms with Crippen LogP contribution < -0.4 is 10.5 Å². The standard InChI is InChI=1S/C13H10F4N2OS/c1-5(2)9-8(20-13(15,16)17)3-7(14)11-10(9)6(4-18)12(19)21-11/h3,5H,19H2,1-2H3. The van der Waals surface area contributed by atoms with Crippen LogP contribution in [0.15, 0.2) is 6.07 Å². The van der Waals surface area contributed by atoms with Crippen molar-refractivity contribution < 1.29 is 22.3 Å². The van der Waals surface area contributed by atoms with Gasteiger partial charge in [-0.2, -0.15) is 5.26 Å². The summed E-state index contributed by atoms with van der Waals surface area (Å²) in [6, 6.07) is 2.50. The first kappa shape index (κ1) is 15.4. The summed E-state index contributed by atoms with van der Waals surface area (Å²) in [6.45, 7) is 3.26. The maximum Gasteiger partial charge on any atom is 0.573 e. The molecule has 0 atom stereocenters. The molecular weight excluding hydrogens is 308 g/mol. The number of nitrogens with zero attached hydrogens (tertiary/aromatic N) is 1. The first-order valence-corrected chi connectivity index (χ1v) is 6.67. The quantitative estimate of drug-likeness (QED) is 0.828. The molecule has 0 saturated carbocycles. The largest absolute Gasteiger partial charge is 0.573 e. The number of thiophene rings is 1. The Morgan fingerprint density at radius 3 is 2.48 bits per heavy atom. The minimum atomic E-state index is -4.95. The lowest BCUT2D eigenvalue weighted by Gasteiger charge is -2.17. The molecular formula is C13H10F4N2OS. The van der Waals surface area contributed by atoms with E-state index in [1.54, 1.807) is 13.8 Å². The van der Waals surface area contributed by atoms with Gasteiger partial charge in [-0.1, -0.05) is 13.8 Å². The number of rotatable bonds is 2. The summed E-state index contributed by atoms with van der Waals surface area (Å²) in [5.74, 6) is -1.95. The van der Waals surface area contributed by atoms with Crippen molar-refractivity contribution in [3.63, 3.8) is 0 Å². The van der Waals surface area contributed by atoms with Crippen molar-refractivity contribution >= 4 is 26.4 Å². The van der Waals surface area contributed by atoms with Crippen LogP contribution >= 0.6 is 11.3 Å². The number of nitrogen functional groups attached to an aromatic ring is 1. The van der Waals surface area contributed by atoms with Gasteiger partial charge in [-0.25, -0.2) is 4.39 Å². The van der Waals surface area contributed by atoms with E-state index in [-0.39, 0.29) is 26.2 Å². The fraction of sp³-hybridized carbons (Fsp3) is 0.308. The number of nitriles is 1. The van der Waals surface area contributed by atoms with E-state index in [4.69, 9.17) is 11.0 Å². The molecule has 8 heteroatoms. The smallest absolute Gasteiger partial charge is 0.405 e. The van der Waals surface area contributed by atoms with E-state index >= 15 is 0 Å². The number of hydrogen-bond donors (Lipinski definition) is 1. The van der Waals surface area contributed by atoms with Crippen molar-refractivity contribution in [3.8, 4) is 11.8 Å². The molecule has 0 aliphatic rings. The van der Waals surface area contributed by atoms with Crippen LogP contribution in [0.25, 0.3) is 10.1 Å². The van der Waals surface area contributed by atoms with Gasteiger partial charge in [0.05, 0.1) is 10.3 Å². The summed E-state index contributed by atoms with van der Waals surface area (Å²) in [5.41, 5.74) is 5.74. The van der Waals surface area contributed by atoms with Crippen LogP contribution in [0.5, 0.6) is 5.75 Å². The van der Waals surface area contributed by atoms with Crippen LogP contribution in [0, 0.1) is 17.1 Å². The number of hydrogen-bond acceptors (Lipinski definition) is 4. The van der Waals surface area contributed by atoms with Crippen LogP contribution in [0.4, 0.5) is 22.6 Å². The topological polar surface area (TPSA) is 59.0 Å². The van der Waals surface area contributed by atoms with Gasteiger partial charge in [-0.05, 0) is 5.92 Å². The Hall–Kier alpha value is -2.01. The molecule has 1 aromatic carbocycles. The van der Waals surface area contributed by atoms with Crippen molar-refractivity contribution in [3.05, 3.63) is 23.0 Å². The molecule has 112 valence electrons.